The van der Waals surface area contributed by atoms with Crippen LogP contribution < -0.4 is 10.5 Å². The van der Waals surface area contributed by atoms with E-state index in [1.54, 1.807) is 12.1 Å². The van der Waals surface area contributed by atoms with Crippen molar-refractivity contribution >= 4 is 22.7 Å². The van der Waals surface area contributed by atoms with Crippen molar-refractivity contribution in [1.82, 2.24) is 9.97 Å². The Morgan fingerprint density at radius 3 is 2.75 bits per heavy atom. The molecule has 7 heteroatoms. The van der Waals surface area contributed by atoms with E-state index in [9.17, 15) is 9.18 Å². The molecule has 2 aromatic carbocycles. The standard InChI is InChI=1S/C17H14FN3O3/c1-23-10-6-7-11(13(18)8-10)17(22)24-9-15-20-14-5-3-2-4-12(14)16(19)21-15/h2-8H,9H2,1H3,(H2,19,20,21). The molecule has 0 saturated heterocycles. The van der Waals surface area contributed by atoms with Gasteiger partial charge < -0.3 is 15.2 Å². The first-order valence-electron chi connectivity index (χ1n) is 7.10. The summed E-state index contributed by atoms with van der Waals surface area (Å²) >= 11 is 0. The molecular weight excluding hydrogens is 313 g/mol. The third-order valence-corrected chi connectivity index (χ3v) is 3.41. The lowest BCUT2D eigenvalue weighted by Gasteiger charge is -2.08. The van der Waals surface area contributed by atoms with Crippen molar-refractivity contribution in [3.8, 4) is 5.75 Å². The second-order valence-corrected chi connectivity index (χ2v) is 4.96. The van der Waals surface area contributed by atoms with E-state index in [1.807, 2.05) is 12.1 Å². The average molecular weight is 327 g/mol. The largest absolute Gasteiger partial charge is 0.497 e. The number of carbonyl (C=O) groups excluding carboxylic acids is 1. The fraction of sp³-hybridized carbons (Fsp3) is 0.118. The quantitative estimate of drug-likeness (QED) is 0.741. The molecule has 0 amide bonds. The minimum atomic E-state index is -0.814. The van der Waals surface area contributed by atoms with Crippen LogP contribution >= 0.6 is 0 Å². The monoisotopic (exact) mass is 327 g/mol. The molecular formula is C17H14FN3O3. The summed E-state index contributed by atoms with van der Waals surface area (Å²) in [6.45, 7) is -0.209. The number of aromatic nitrogens is 2. The Kier molecular flexibility index (Phi) is 4.24. The zero-order valence-corrected chi connectivity index (χ0v) is 12.8. The van der Waals surface area contributed by atoms with Crippen LogP contribution in [0.4, 0.5) is 10.2 Å². The third-order valence-electron chi connectivity index (χ3n) is 3.41. The maximum absolute atomic E-state index is 13.9. The number of esters is 1. The highest BCUT2D eigenvalue weighted by Crippen LogP contribution is 2.19. The summed E-state index contributed by atoms with van der Waals surface area (Å²) in [5.41, 5.74) is 6.32. The third kappa shape index (κ3) is 3.10. The highest BCUT2D eigenvalue weighted by Gasteiger charge is 2.15. The fourth-order valence-electron chi connectivity index (χ4n) is 2.21. The van der Waals surface area contributed by atoms with Crippen molar-refractivity contribution in [1.29, 1.82) is 0 Å². The molecule has 122 valence electrons. The van der Waals surface area contributed by atoms with Gasteiger partial charge >= 0.3 is 5.97 Å². The van der Waals surface area contributed by atoms with Gasteiger partial charge in [-0.2, -0.15) is 0 Å². The lowest BCUT2D eigenvalue weighted by Crippen LogP contribution is -2.10. The molecule has 1 aromatic heterocycles. The van der Waals surface area contributed by atoms with Crippen LogP contribution in [0.5, 0.6) is 5.75 Å². The van der Waals surface area contributed by atoms with Gasteiger partial charge in [-0.25, -0.2) is 19.2 Å². The Morgan fingerprint density at radius 1 is 1.21 bits per heavy atom. The lowest BCUT2D eigenvalue weighted by molar-refractivity contribution is 0.0457. The van der Waals surface area contributed by atoms with Gasteiger partial charge in [-0.15, -0.1) is 0 Å². The van der Waals surface area contributed by atoms with Crippen molar-refractivity contribution in [2.75, 3.05) is 12.8 Å². The molecule has 0 radical (unpaired) electrons. The van der Waals surface area contributed by atoms with Crippen molar-refractivity contribution < 1.29 is 18.7 Å². The molecule has 24 heavy (non-hydrogen) atoms. The predicted molar refractivity (Wildman–Crippen MR) is 86.0 cm³/mol. The molecule has 3 rings (SSSR count). The van der Waals surface area contributed by atoms with E-state index in [-0.39, 0.29) is 18.0 Å². The highest BCUT2D eigenvalue weighted by atomic mass is 19.1. The van der Waals surface area contributed by atoms with Crippen molar-refractivity contribution in [3.63, 3.8) is 0 Å². The van der Waals surface area contributed by atoms with Crippen LogP contribution in [0.3, 0.4) is 0 Å². The maximum atomic E-state index is 13.9. The van der Waals surface area contributed by atoms with Crippen LogP contribution in [0.2, 0.25) is 0 Å². The summed E-state index contributed by atoms with van der Waals surface area (Å²) in [6.07, 6.45) is 0. The molecule has 0 aliphatic carbocycles. The zero-order chi connectivity index (χ0) is 17.1. The first kappa shape index (κ1) is 15.7. The number of hydrogen-bond acceptors (Lipinski definition) is 6. The molecule has 0 aliphatic rings. The van der Waals surface area contributed by atoms with E-state index in [4.69, 9.17) is 15.2 Å². The van der Waals surface area contributed by atoms with Crippen LogP contribution in [-0.4, -0.2) is 23.0 Å². The van der Waals surface area contributed by atoms with Crippen molar-refractivity contribution in [3.05, 3.63) is 59.7 Å². The lowest BCUT2D eigenvalue weighted by atomic mass is 10.2. The molecule has 0 fully saturated rings. The number of methoxy groups -OCH3 is 1. The summed E-state index contributed by atoms with van der Waals surface area (Å²) in [7, 11) is 1.41. The fourth-order valence-corrected chi connectivity index (χ4v) is 2.21. The van der Waals surface area contributed by atoms with E-state index < -0.39 is 11.8 Å². The molecule has 0 spiro atoms. The Bertz CT molecular complexity index is 915. The van der Waals surface area contributed by atoms with Crippen LogP contribution in [0.1, 0.15) is 16.2 Å². The Morgan fingerprint density at radius 2 is 2.00 bits per heavy atom. The van der Waals surface area contributed by atoms with E-state index in [2.05, 4.69) is 9.97 Å². The van der Waals surface area contributed by atoms with Gasteiger partial charge in [0.2, 0.25) is 0 Å². The summed E-state index contributed by atoms with van der Waals surface area (Å²) in [5.74, 6) is -0.686. The van der Waals surface area contributed by atoms with Gasteiger partial charge in [0.15, 0.2) is 12.4 Å². The molecule has 0 saturated carbocycles. The molecule has 6 nitrogen and oxygen atoms in total. The van der Waals surface area contributed by atoms with E-state index in [0.29, 0.717) is 22.5 Å². The maximum Gasteiger partial charge on any atom is 0.341 e. The number of nitrogens with zero attached hydrogens (tertiary/aromatic N) is 2. The van der Waals surface area contributed by atoms with Crippen molar-refractivity contribution in [2.24, 2.45) is 0 Å². The van der Waals surface area contributed by atoms with Gasteiger partial charge in [0.05, 0.1) is 18.2 Å². The second-order valence-electron chi connectivity index (χ2n) is 4.96. The number of benzene rings is 2. The first-order valence-corrected chi connectivity index (χ1v) is 7.10. The number of rotatable bonds is 4. The number of anilines is 1. The molecule has 0 bridgehead atoms. The van der Waals surface area contributed by atoms with Gasteiger partial charge in [0.1, 0.15) is 17.4 Å². The molecule has 3 aromatic rings. The smallest absolute Gasteiger partial charge is 0.341 e. The summed E-state index contributed by atoms with van der Waals surface area (Å²) in [5, 5.41) is 0.716. The predicted octanol–water partition coefficient (Wildman–Crippen LogP) is 2.72. The summed E-state index contributed by atoms with van der Waals surface area (Å²) in [4.78, 5) is 20.4. The van der Waals surface area contributed by atoms with Gasteiger partial charge in [0, 0.05) is 11.5 Å². The highest BCUT2D eigenvalue weighted by molar-refractivity contribution is 5.90. The molecule has 1 heterocycles. The summed E-state index contributed by atoms with van der Waals surface area (Å²) < 4.78 is 23.8. The number of nitrogen functional groups attached to an aromatic ring is 1. The first-order chi connectivity index (χ1) is 11.6. The number of hydrogen-bond donors (Lipinski definition) is 1. The topological polar surface area (TPSA) is 87.3 Å². The molecule has 0 aliphatic heterocycles. The minimum Gasteiger partial charge on any atom is -0.497 e. The Hall–Kier alpha value is -3.22. The van der Waals surface area contributed by atoms with E-state index in [1.165, 1.54) is 19.2 Å². The molecule has 0 unspecified atom stereocenters. The zero-order valence-electron chi connectivity index (χ0n) is 12.8. The van der Waals surface area contributed by atoms with Gasteiger partial charge in [-0.1, -0.05) is 12.1 Å². The van der Waals surface area contributed by atoms with Crippen LogP contribution in [0.15, 0.2) is 42.5 Å². The van der Waals surface area contributed by atoms with E-state index in [0.717, 1.165) is 6.07 Å². The number of ether oxygens (including phenoxy) is 2. The van der Waals surface area contributed by atoms with Crippen LogP contribution in [0.25, 0.3) is 10.9 Å². The van der Waals surface area contributed by atoms with Crippen LogP contribution in [-0.2, 0) is 11.3 Å². The average Bonchev–Trinajstić information content (AvgIpc) is 2.59. The number of fused-ring (bicyclic) bond motifs is 1. The van der Waals surface area contributed by atoms with Crippen LogP contribution in [0, 0.1) is 5.82 Å². The second kappa shape index (κ2) is 6.49. The number of nitrogens with two attached hydrogens (primary N) is 1. The Balaban J connectivity index is 1.77. The molecule has 0 atom stereocenters. The van der Waals surface area contributed by atoms with Gasteiger partial charge in [0.25, 0.3) is 0 Å². The number of para-hydroxylation sites is 1. The van der Waals surface area contributed by atoms with Gasteiger partial charge in [-0.05, 0) is 24.3 Å². The van der Waals surface area contributed by atoms with Gasteiger partial charge in [-0.3, -0.25) is 0 Å². The number of carbonyl (C=O) groups is 1. The normalized spacial score (nSPS) is 10.6. The molecule has 2 N–H and O–H groups in total. The SMILES string of the molecule is COc1ccc(C(=O)OCc2nc(N)c3ccccc3n2)c(F)c1. The minimum absolute atomic E-state index is 0.190. The summed E-state index contributed by atoms with van der Waals surface area (Å²) in [6, 6.07) is 11.1. The van der Waals surface area contributed by atoms with Crippen molar-refractivity contribution in [2.45, 2.75) is 6.61 Å². The Labute approximate surface area is 137 Å². The van der Waals surface area contributed by atoms with E-state index >= 15 is 0 Å². The number of halogens is 1.